The average Bonchev–Trinajstić information content (AvgIpc) is 3.15. The number of anilines is 1. The number of methoxy groups -OCH3 is 1. The second kappa shape index (κ2) is 8.05. The summed E-state index contributed by atoms with van der Waals surface area (Å²) in [6.07, 6.45) is 1.66. The van der Waals surface area contributed by atoms with E-state index in [0.717, 1.165) is 28.3 Å². The lowest BCUT2D eigenvalue weighted by Gasteiger charge is -2.06. The maximum Gasteiger partial charge on any atom is 0.136 e. The van der Waals surface area contributed by atoms with Gasteiger partial charge in [0.05, 0.1) is 12.8 Å². The van der Waals surface area contributed by atoms with Gasteiger partial charge in [0.2, 0.25) is 0 Å². The summed E-state index contributed by atoms with van der Waals surface area (Å²) in [5.41, 5.74) is 4.17. The van der Waals surface area contributed by atoms with E-state index in [0.29, 0.717) is 15.6 Å². The van der Waals surface area contributed by atoms with Crippen molar-refractivity contribution in [1.82, 2.24) is 4.98 Å². The predicted octanol–water partition coefficient (Wildman–Crippen LogP) is 5.76. The topological polar surface area (TPSA) is 57.9 Å². The molecule has 26 heavy (non-hydrogen) atoms. The molecule has 130 valence electrons. The van der Waals surface area contributed by atoms with Crippen molar-refractivity contribution >= 4 is 34.2 Å². The molecule has 4 nitrogen and oxygen atoms in total. The van der Waals surface area contributed by atoms with Gasteiger partial charge < -0.3 is 10.1 Å². The minimum Gasteiger partial charge on any atom is -0.497 e. The molecule has 0 bridgehead atoms. The highest BCUT2D eigenvalue weighted by molar-refractivity contribution is 7.11. The van der Waals surface area contributed by atoms with Crippen LogP contribution in [0, 0.1) is 18.3 Å². The highest BCUT2D eigenvalue weighted by Gasteiger charge is 2.09. The summed E-state index contributed by atoms with van der Waals surface area (Å²) in [5.74, 6) is 0.794. The number of hydrogen-bond donors (Lipinski definition) is 1. The van der Waals surface area contributed by atoms with Crippen LogP contribution >= 0.6 is 22.9 Å². The Bertz CT molecular complexity index is 987. The summed E-state index contributed by atoms with van der Waals surface area (Å²) in [5, 5.41) is 15.9. The molecule has 3 rings (SSSR count). The lowest BCUT2D eigenvalue weighted by Crippen LogP contribution is -1.93. The molecule has 0 fully saturated rings. The van der Waals surface area contributed by atoms with E-state index in [1.54, 1.807) is 13.3 Å². The maximum absolute atomic E-state index is 9.50. The van der Waals surface area contributed by atoms with Crippen molar-refractivity contribution in [3.63, 3.8) is 0 Å². The van der Waals surface area contributed by atoms with E-state index < -0.39 is 0 Å². The number of nitriles is 1. The van der Waals surface area contributed by atoms with Gasteiger partial charge in [-0.1, -0.05) is 17.7 Å². The van der Waals surface area contributed by atoms with E-state index in [2.05, 4.69) is 16.4 Å². The molecule has 0 unspecified atom stereocenters. The largest absolute Gasteiger partial charge is 0.497 e. The van der Waals surface area contributed by atoms with Crippen molar-refractivity contribution in [2.45, 2.75) is 6.92 Å². The first kappa shape index (κ1) is 18.0. The van der Waals surface area contributed by atoms with Gasteiger partial charge >= 0.3 is 0 Å². The highest BCUT2D eigenvalue weighted by Crippen LogP contribution is 2.28. The lowest BCUT2D eigenvalue weighted by molar-refractivity contribution is 0.415. The van der Waals surface area contributed by atoms with Crippen molar-refractivity contribution in [3.8, 4) is 23.1 Å². The van der Waals surface area contributed by atoms with Crippen LogP contribution in [0.5, 0.6) is 5.75 Å². The van der Waals surface area contributed by atoms with E-state index in [4.69, 9.17) is 16.3 Å². The van der Waals surface area contributed by atoms with Crippen LogP contribution in [0.4, 0.5) is 5.69 Å². The number of nitrogens with zero attached hydrogens (tertiary/aromatic N) is 2. The van der Waals surface area contributed by atoms with Gasteiger partial charge in [-0.05, 0) is 48.9 Å². The molecule has 1 aromatic heterocycles. The van der Waals surface area contributed by atoms with Gasteiger partial charge in [-0.2, -0.15) is 5.26 Å². The second-order valence-corrected chi connectivity index (χ2v) is 6.83. The van der Waals surface area contributed by atoms with Gasteiger partial charge in [0.15, 0.2) is 0 Å². The van der Waals surface area contributed by atoms with Crippen LogP contribution in [-0.2, 0) is 0 Å². The maximum atomic E-state index is 9.50. The molecule has 0 aliphatic carbocycles. The van der Waals surface area contributed by atoms with Crippen LogP contribution in [0.15, 0.2) is 54.0 Å². The van der Waals surface area contributed by atoms with Gasteiger partial charge in [0, 0.05) is 27.9 Å². The summed E-state index contributed by atoms with van der Waals surface area (Å²) < 4.78 is 5.17. The molecule has 0 saturated carbocycles. The average molecular weight is 382 g/mol. The highest BCUT2D eigenvalue weighted by atomic mass is 35.5. The number of allylic oxidation sites excluding steroid dienone is 1. The van der Waals surface area contributed by atoms with Crippen LogP contribution in [0.3, 0.4) is 0 Å². The first-order valence-corrected chi connectivity index (χ1v) is 9.10. The van der Waals surface area contributed by atoms with Crippen LogP contribution in [0.25, 0.3) is 16.8 Å². The number of hydrogen-bond acceptors (Lipinski definition) is 5. The molecule has 2 aromatic carbocycles. The number of nitrogens with one attached hydrogen (secondary N) is 1. The standard InChI is InChI=1S/C20H16ClN3OS/c1-13-3-6-16(21)9-18(13)23-11-15(10-22)20-24-19(12-26-20)14-4-7-17(25-2)8-5-14/h3-9,11-12,23H,1-2H3/b15-11+. The van der Waals surface area contributed by atoms with E-state index in [-0.39, 0.29) is 0 Å². The predicted molar refractivity (Wildman–Crippen MR) is 108 cm³/mol. The quantitative estimate of drug-likeness (QED) is 0.571. The van der Waals surface area contributed by atoms with Crippen molar-refractivity contribution in [3.05, 3.63) is 69.6 Å². The van der Waals surface area contributed by atoms with Crippen molar-refractivity contribution in [1.29, 1.82) is 5.26 Å². The fourth-order valence-corrected chi connectivity index (χ4v) is 3.30. The first-order valence-electron chi connectivity index (χ1n) is 7.84. The molecule has 1 heterocycles. The molecule has 6 heteroatoms. The van der Waals surface area contributed by atoms with Crippen molar-refractivity contribution < 1.29 is 4.74 Å². The summed E-state index contributed by atoms with van der Waals surface area (Å²) in [6, 6.07) is 15.5. The molecular formula is C20H16ClN3OS. The van der Waals surface area contributed by atoms with Gasteiger partial charge in [-0.3, -0.25) is 0 Å². The number of aryl methyl sites for hydroxylation is 1. The van der Waals surface area contributed by atoms with Gasteiger partial charge in [0.25, 0.3) is 0 Å². The summed E-state index contributed by atoms with van der Waals surface area (Å²) in [6.45, 7) is 1.98. The SMILES string of the molecule is COc1ccc(-c2csc(/C(C#N)=C/Nc3cc(Cl)ccc3C)n2)cc1. The van der Waals surface area contributed by atoms with Crippen molar-refractivity contribution in [2.75, 3.05) is 12.4 Å². The van der Waals surface area contributed by atoms with Gasteiger partial charge in [-0.25, -0.2) is 4.98 Å². The number of benzene rings is 2. The first-order chi connectivity index (χ1) is 12.6. The van der Waals surface area contributed by atoms with Gasteiger partial charge in [0.1, 0.15) is 22.4 Å². The van der Waals surface area contributed by atoms with E-state index in [1.807, 2.05) is 54.8 Å². The minimum atomic E-state index is 0.467. The number of halogens is 1. The zero-order chi connectivity index (χ0) is 18.5. The molecule has 0 spiro atoms. The van der Waals surface area contributed by atoms with Crippen LogP contribution in [0.1, 0.15) is 10.6 Å². The zero-order valence-electron chi connectivity index (χ0n) is 14.3. The third-order valence-electron chi connectivity index (χ3n) is 3.81. The lowest BCUT2D eigenvalue weighted by atomic mass is 10.2. The number of aromatic nitrogens is 1. The number of rotatable bonds is 5. The number of ether oxygens (including phenoxy) is 1. The van der Waals surface area contributed by atoms with Crippen LogP contribution in [0.2, 0.25) is 5.02 Å². The Morgan fingerprint density at radius 2 is 2.04 bits per heavy atom. The number of thiazole rings is 1. The zero-order valence-corrected chi connectivity index (χ0v) is 15.9. The molecular weight excluding hydrogens is 366 g/mol. The normalized spacial score (nSPS) is 11.1. The van der Waals surface area contributed by atoms with Crippen LogP contribution < -0.4 is 10.1 Å². The summed E-state index contributed by atoms with van der Waals surface area (Å²) >= 11 is 7.46. The third-order valence-corrected chi connectivity index (χ3v) is 4.92. The Morgan fingerprint density at radius 3 is 2.73 bits per heavy atom. The third kappa shape index (κ3) is 4.05. The molecule has 0 aliphatic heterocycles. The molecule has 0 radical (unpaired) electrons. The van der Waals surface area contributed by atoms with Gasteiger partial charge in [-0.15, -0.1) is 11.3 Å². The fraction of sp³-hybridized carbons (Fsp3) is 0.100. The molecule has 0 saturated heterocycles. The molecule has 0 aliphatic rings. The monoisotopic (exact) mass is 381 g/mol. The smallest absolute Gasteiger partial charge is 0.136 e. The summed E-state index contributed by atoms with van der Waals surface area (Å²) in [4.78, 5) is 4.58. The van der Waals surface area contributed by atoms with E-state index in [1.165, 1.54) is 11.3 Å². The van der Waals surface area contributed by atoms with E-state index in [9.17, 15) is 5.26 Å². The molecule has 0 amide bonds. The Labute approximate surface area is 161 Å². The second-order valence-electron chi connectivity index (χ2n) is 5.54. The van der Waals surface area contributed by atoms with Crippen LogP contribution in [-0.4, -0.2) is 12.1 Å². The molecule has 3 aromatic rings. The molecule has 0 atom stereocenters. The van der Waals surface area contributed by atoms with E-state index >= 15 is 0 Å². The Balaban J connectivity index is 1.83. The summed E-state index contributed by atoms with van der Waals surface area (Å²) in [7, 11) is 1.63. The fourth-order valence-electron chi connectivity index (χ4n) is 2.33. The minimum absolute atomic E-state index is 0.467. The molecule has 1 N–H and O–H groups in total. The Morgan fingerprint density at radius 1 is 1.27 bits per heavy atom. The Kier molecular flexibility index (Phi) is 5.57. The Hall–Kier alpha value is -2.81. The van der Waals surface area contributed by atoms with Crippen molar-refractivity contribution in [2.24, 2.45) is 0 Å².